The molecule has 1 fully saturated rings. The first-order valence-corrected chi connectivity index (χ1v) is 7.69. The minimum absolute atomic E-state index is 0.0767. The van der Waals surface area contributed by atoms with E-state index in [4.69, 9.17) is 0 Å². The first kappa shape index (κ1) is 15.2. The van der Waals surface area contributed by atoms with Gasteiger partial charge in [0.15, 0.2) is 0 Å². The van der Waals surface area contributed by atoms with Crippen molar-refractivity contribution < 1.29 is 9.59 Å². The van der Waals surface area contributed by atoms with Gasteiger partial charge in [0, 0.05) is 17.3 Å². The number of anilines is 2. The van der Waals surface area contributed by atoms with Crippen molar-refractivity contribution in [1.82, 2.24) is 14.8 Å². The molecule has 1 unspecified atom stereocenters. The number of hydrogen-bond acceptors (Lipinski definition) is 4. The highest BCUT2D eigenvalue weighted by Gasteiger charge is 2.25. The maximum Gasteiger partial charge on any atom is 0.249 e. The molecule has 7 nitrogen and oxygen atoms in total. The first-order valence-electron chi connectivity index (χ1n) is 7.69. The van der Waals surface area contributed by atoms with Crippen LogP contribution in [-0.2, 0) is 9.59 Å². The third-order valence-corrected chi connectivity index (χ3v) is 4.11. The van der Waals surface area contributed by atoms with Crippen LogP contribution in [0.5, 0.6) is 0 Å². The number of nitrogens with one attached hydrogen (secondary N) is 2. The van der Waals surface area contributed by atoms with Crippen LogP contribution in [-0.4, -0.2) is 26.6 Å². The molecule has 2 aromatic rings. The number of aromatic nitrogens is 3. The first-order chi connectivity index (χ1) is 11.1. The summed E-state index contributed by atoms with van der Waals surface area (Å²) in [4.78, 5) is 27.9. The molecule has 1 aromatic carbocycles. The Balaban J connectivity index is 1.56. The molecule has 0 spiro atoms. The van der Waals surface area contributed by atoms with Gasteiger partial charge in [-0.15, -0.1) is 0 Å². The van der Waals surface area contributed by atoms with Gasteiger partial charge in [-0.1, -0.05) is 6.42 Å². The van der Waals surface area contributed by atoms with Crippen molar-refractivity contribution in [1.29, 1.82) is 0 Å². The van der Waals surface area contributed by atoms with Gasteiger partial charge in [-0.05, 0) is 44.0 Å². The van der Waals surface area contributed by atoms with Crippen molar-refractivity contribution in [2.45, 2.75) is 32.2 Å². The van der Waals surface area contributed by atoms with Crippen molar-refractivity contribution in [2.75, 3.05) is 10.6 Å². The maximum atomic E-state index is 12.1. The smallest absolute Gasteiger partial charge is 0.249 e. The molecule has 2 N–H and O–H groups in total. The number of rotatable bonds is 5. The summed E-state index contributed by atoms with van der Waals surface area (Å²) in [7, 11) is 0. The van der Waals surface area contributed by atoms with E-state index < -0.39 is 6.04 Å². The number of nitrogens with zero attached hydrogens (tertiary/aromatic N) is 3. The molecule has 1 aliphatic rings. The fourth-order valence-corrected chi connectivity index (χ4v) is 2.34. The molecular formula is C16H19N5O2. The molecule has 1 heterocycles. The van der Waals surface area contributed by atoms with Gasteiger partial charge in [-0.2, -0.15) is 5.10 Å². The number of benzene rings is 1. The number of carbonyl (C=O) groups excluding carboxylic acids is 2. The average molecular weight is 313 g/mol. The van der Waals surface area contributed by atoms with Crippen LogP contribution in [0.25, 0.3) is 0 Å². The van der Waals surface area contributed by atoms with Crippen molar-refractivity contribution >= 4 is 23.2 Å². The highest BCUT2D eigenvalue weighted by Crippen LogP contribution is 2.27. The molecule has 0 bridgehead atoms. The van der Waals surface area contributed by atoms with Crippen molar-refractivity contribution in [3.63, 3.8) is 0 Å². The minimum Gasteiger partial charge on any atom is -0.326 e. The zero-order valence-corrected chi connectivity index (χ0v) is 12.9. The quantitative estimate of drug-likeness (QED) is 0.885. The van der Waals surface area contributed by atoms with Gasteiger partial charge in [0.2, 0.25) is 11.8 Å². The topological polar surface area (TPSA) is 88.9 Å². The Bertz CT molecular complexity index is 677. The summed E-state index contributed by atoms with van der Waals surface area (Å²) >= 11 is 0. The normalized spacial score (nSPS) is 15.5. The zero-order chi connectivity index (χ0) is 16.2. The van der Waals surface area contributed by atoms with E-state index in [1.807, 2.05) is 0 Å². The molecule has 1 aromatic heterocycles. The third kappa shape index (κ3) is 3.56. The lowest BCUT2D eigenvalue weighted by atomic mass is 9.85. The number of amides is 2. The second-order valence-corrected chi connectivity index (χ2v) is 5.74. The van der Waals surface area contributed by atoms with Crippen molar-refractivity contribution in [3.8, 4) is 0 Å². The van der Waals surface area contributed by atoms with Crippen LogP contribution in [0.4, 0.5) is 11.4 Å². The Morgan fingerprint density at radius 3 is 2.35 bits per heavy atom. The lowest BCUT2D eigenvalue weighted by Crippen LogP contribution is -2.28. The van der Waals surface area contributed by atoms with Crippen LogP contribution >= 0.6 is 0 Å². The lowest BCUT2D eigenvalue weighted by Gasteiger charge is -2.24. The SMILES string of the molecule is CC(C(=O)Nc1ccc(NC(=O)C2CCC2)cc1)n1cncn1. The van der Waals surface area contributed by atoms with Crippen LogP contribution in [0.2, 0.25) is 0 Å². The van der Waals surface area contributed by atoms with Crippen molar-refractivity contribution in [2.24, 2.45) is 5.92 Å². The van der Waals surface area contributed by atoms with E-state index in [0.717, 1.165) is 24.9 Å². The van der Waals surface area contributed by atoms with E-state index in [9.17, 15) is 9.59 Å². The second kappa shape index (κ2) is 6.60. The van der Waals surface area contributed by atoms with Gasteiger partial charge >= 0.3 is 0 Å². The van der Waals surface area contributed by atoms with Crippen LogP contribution in [0.15, 0.2) is 36.9 Å². The number of hydrogen-bond donors (Lipinski definition) is 2. The maximum absolute atomic E-state index is 12.1. The van der Waals surface area contributed by atoms with Crippen LogP contribution < -0.4 is 10.6 Å². The van der Waals surface area contributed by atoms with E-state index >= 15 is 0 Å². The molecule has 0 saturated heterocycles. The predicted octanol–water partition coefficient (Wildman–Crippen LogP) is 2.22. The highest BCUT2D eigenvalue weighted by molar-refractivity contribution is 5.95. The molecule has 0 aliphatic heterocycles. The molecule has 1 aliphatic carbocycles. The summed E-state index contributed by atoms with van der Waals surface area (Å²) < 4.78 is 1.49. The summed E-state index contributed by atoms with van der Waals surface area (Å²) in [5.41, 5.74) is 1.41. The third-order valence-electron chi connectivity index (χ3n) is 4.11. The highest BCUT2D eigenvalue weighted by atomic mass is 16.2. The monoisotopic (exact) mass is 313 g/mol. The summed E-state index contributed by atoms with van der Waals surface area (Å²) in [6.45, 7) is 1.75. The van der Waals surface area contributed by atoms with Gasteiger partial charge in [0.1, 0.15) is 18.7 Å². The molecule has 3 rings (SSSR count). The van der Waals surface area contributed by atoms with E-state index in [0.29, 0.717) is 5.69 Å². The summed E-state index contributed by atoms with van der Waals surface area (Å²) in [5.74, 6) is 0.0486. The standard InChI is InChI=1S/C16H19N5O2/c1-11(21-10-17-9-18-21)15(22)19-13-5-7-14(8-6-13)20-16(23)12-3-2-4-12/h5-12H,2-4H2,1H3,(H,19,22)(H,20,23). The van der Waals surface area contributed by atoms with E-state index in [1.54, 1.807) is 31.2 Å². The van der Waals surface area contributed by atoms with E-state index in [2.05, 4.69) is 20.7 Å². The Hall–Kier alpha value is -2.70. The van der Waals surface area contributed by atoms with Crippen LogP contribution in [0.3, 0.4) is 0 Å². The Kier molecular flexibility index (Phi) is 4.36. The summed E-state index contributed by atoms with van der Waals surface area (Å²) in [5, 5.41) is 9.66. The molecule has 2 amide bonds. The van der Waals surface area contributed by atoms with Gasteiger partial charge in [-0.3, -0.25) is 9.59 Å². The number of carbonyl (C=O) groups is 2. The lowest BCUT2D eigenvalue weighted by molar-refractivity contribution is -0.122. The molecule has 7 heteroatoms. The zero-order valence-electron chi connectivity index (χ0n) is 12.9. The summed E-state index contributed by atoms with van der Waals surface area (Å²) in [6, 6.07) is 6.65. The van der Waals surface area contributed by atoms with E-state index in [1.165, 1.54) is 17.3 Å². The molecule has 0 radical (unpaired) electrons. The average Bonchev–Trinajstić information content (AvgIpc) is 3.00. The van der Waals surface area contributed by atoms with Gasteiger partial charge in [-0.25, -0.2) is 9.67 Å². The van der Waals surface area contributed by atoms with Gasteiger partial charge in [0.05, 0.1) is 0 Å². The molecule has 23 heavy (non-hydrogen) atoms. The molecule has 1 atom stereocenters. The summed E-state index contributed by atoms with van der Waals surface area (Å²) in [6.07, 6.45) is 5.97. The van der Waals surface area contributed by atoms with Crippen molar-refractivity contribution in [3.05, 3.63) is 36.9 Å². The van der Waals surface area contributed by atoms with Gasteiger partial charge in [0.25, 0.3) is 0 Å². The largest absolute Gasteiger partial charge is 0.326 e. The fourth-order valence-electron chi connectivity index (χ4n) is 2.34. The predicted molar refractivity (Wildman–Crippen MR) is 85.8 cm³/mol. The fraction of sp³-hybridized carbons (Fsp3) is 0.375. The van der Waals surface area contributed by atoms with Crippen LogP contribution in [0, 0.1) is 5.92 Å². The molecule has 120 valence electrons. The Morgan fingerprint density at radius 2 is 1.83 bits per heavy atom. The Morgan fingerprint density at radius 1 is 1.17 bits per heavy atom. The molecular weight excluding hydrogens is 294 g/mol. The molecule has 1 saturated carbocycles. The van der Waals surface area contributed by atoms with E-state index in [-0.39, 0.29) is 17.7 Å². The van der Waals surface area contributed by atoms with Gasteiger partial charge < -0.3 is 10.6 Å². The van der Waals surface area contributed by atoms with Crippen LogP contribution in [0.1, 0.15) is 32.2 Å². The minimum atomic E-state index is -0.449. The second-order valence-electron chi connectivity index (χ2n) is 5.74. The Labute approximate surface area is 134 Å².